The molecule has 1 amide bonds. The number of rotatable bonds is 3. The van der Waals surface area contributed by atoms with Gasteiger partial charge < -0.3 is 11.1 Å². The fourth-order valence-electron chi connectivity index (χ4n) is 1.89. The number of pyridine rings is 1. The number of nitrogens with one attached hydrogen (secondary N) is 2. The highest BCUT2D eigenvalue weighted by molar-refractivity contribution is 7.88. The zero-order valence-electron chi connectivity index (χ0n) is 11.5. The van der Waals surface area contributed by atoms with E-state index in [-0.39, 0.29) is 12.3 Å². The molecule has 0 bridgehead atoms. The van der Waals surface area contributed by atoms with E-state index in [4.69, 9.17) is 5.73 Å². The Morgan fingerprint density at radius 1 is 1.38 bits per heavy atom. The number of allylic oxidation sites excluding steroid dienone is 1. The van der Waals surface area contributed by atoms with E-state index in [1.54, 1.807) is 26.0 Å². The lowest BCUT2D eigenvalue weighted by Gasteiger charge is -2.17. The molecule has 0 saturated heterocycles. The lowest BCUT2D eigenvalue weighted by molar-refractivity contribution is -0.115. The van der Waals surface area contributed by atoms with E-state index in [1.807, 2.05) is 0 Å². The van der Waals surface area contributed by atoms with Gasteiger partial charge in [0.15, 0.2) is 0 Å². The molecule has 0 radical (unpaired) electrons. The van der Waals surface area contributed by atoms with Crippen molar-refractivity contribution in [2.45, 2.75) is 20.3 Å². The van der Waals surface area contributed by atoms with Gasteiger partial charge in [0.1, 0.15) is 5.82 Å². The van der Waals surface area contributed by atoms with Crippen LogP contribution in [0.5, 0.6) is 0 Å². The van der Waals surface area contributed by atoms with Crippen LogP contribution in [-0.4, -0.2) is 25.0 Å². The SMILES string of the molecule is CC1=NS(=O)(=O)NC(C)=C1CC(=O)Nc1ccc(N)nc1. The van der Waals surface area contributed by atoms with Crippen molar-refractivity contribution in [3.63, 3.8) is 0 Å². The molecule has 8 nitrogen and oxygen atoms in total. The molecule has 0 fully saturated rings. The van der Waals surface area contributed by atoms with Crippen molar-refractivity contribution in [1.29, 1.82) is 0 Å². The van der Waals surface area contributed by atoms with Gasteiger partial charge in [0.2, 0.25) is 5.91 Å². The van der Waals surface area contributed by atoms with Crippen LogP contribution in [0.25, 0.3) is 0 Å². The van der Waals surface area contributed by atoms with Gasteiger partial charge in [-0.25, -0.2) is 4.98 Å². The Balaban J connectivity index is 2.10. The van der Waals surface area contributed by atoms with Crippen molar-refractivity contribution < 1.29 is 13.2 Å². The topological polar surface area (TPSA) is 127 Å². The number of nitrogens with two attached hydrogens (primary N) is 1. The van der Waals surface area contributed by atoms with Crippen molar-refractivity contribution in [3.05, 3.63) is 29.6 Å². The number of nitrogens with zero attached hydrogens (tertiary/aromatic N) is 2. The molecule has 0 aromatic carbocycles. The van der Waals surface area contributed by atoms with Crippen molar-refractivity contribution in [2.24, 2.45) is 4.40 Å². The molecule has 2 rings (SSSR count). The molecule has 1 aliphatic heterocycles. The normalized spacial score (nSPS) is 17.0. The molecule has 0 aliphatic carbocycles. The average molecular weight is 309 g/mol. The van der Waals surface area contributed by atoms with E-state index >= 15 is 0 Å². The molecule has 0 unspecified atom stereocenters. The lowest BCUT2D eigenvalue weighted by atomic mass is 10.1. The summed E-state index contributed by atoms with van der Waals surface area (Å²) < 4.78 is 28.5. The largest absolute Gasteiger partial charge is 0.384 e. The smallest absolute Gasteiger partial charge is 0.342 e. The first-order valence-electron chi connectivity index (χ1n) is 6.07. The summed E-state index contributed by atoms with van der Waals surface area (Å²) in [6.07, 6.45) is 1.45. The minimum atomic E-state index is -3.69. The first-order chi connectivity index (χ1) is 9.77. The maximum atomic E-state index is 12.0. The second-order valence-electron chi connectivity index (χ2n) is 4.55. The van der Waals surface area contributed by atoms with Crippen LogP contribution in [0.2, 0.25) is 0 Å². The van der Waals surface area contributed by atoms with Gasteiger partial charge in [-0.15, -0.1) is 4.40 Å². The zero-order valence-corrected chi connectivity index (χ0v) is 12.4. The third-order valence-electron chi connectivity index (χ3n) is 2.84. The van der Waals surface area contributed by atoms with Crippen LogP contribution in [0, 0.1) is 0 Å². The van der Waals surface area contributed by atoms with Crippen molar-refractivity contribution in [3.8, 4) is 0 Å². The number of aromatic nitrogens is 1. The van der Waals surface area contributed by atoms with Gasteiger partial charge in [0, 0.05) is 11.3 Å². The summed E-state index contributed by atoms with van der Waals surface area (Å²) in [6.45, 7) is 3.14. The lowest BCUT2D eigenvalue weighted by Crippen LogP contribution is -2.29. The Morgan fingerprint density at radius 3 is 2.67 bits per heavy atom. The van der Waals surface area contributed by atoms with Crippen molar-refractivity contribution >= 4 is 33.3 Å². The predicted octanol–water partition coefficient (Wildman–Crippen LogP) is 0.575. The Hall–Kier alpha value is -2.42. The first kappa shape index (κ1) is 15.0. The summed E-state index contributed by atoms with van der Waals surface area (Å²) in [5, 5.41) is 2.65. The van der Waals surface area contributed by atoms with Crippen LogP contribution in [0.3, 0.4) is 0 Å². The Labute approximate surface area is 122 Å². The average Bonchev–Trinajstić information content (AvgIpc) is 2.36. The molecule has 9 heteroatoms. The zero-order chi connectivity index (χ0) is 15.6. The fourth-order valence-corrected chi connectivity index (χ4v) is 2.92. The molecular weight excluding hydrogens is 294 g/mol. The van der Waals surface area contributed by atoms with Crippen molar-refractivity contribution in [1.82, 2.24) is 9.71 Å². The van der Waals surface area contributed by atoms with Gasteiger partial charge in [-0.05, 0) is 26.0 Å². The van der Waals surface area contributed by atoms with Gasteiger partial charge in [0.25, 0.3) is 0 Å². The molecule has 112 valence electrons. The summed E-state index contributed by atoms with van der Waals surface area (Å²) >= 11 is 0. The number of nitrogen functional groups attached to an aromatic ring is 1. The molecule has 0 spiro atoms. The second kappa shape index (κ2) is 5.52. The van der Waals surface area contributed by atoms with E-state index in [1.165, 1.54) is 6.20 Å². The third kappa shape index (κ3) is 3.78. The van der Waals surface area contributed by atoms with E-state index < -0.39 is 10.2 Å². The fraction of sp³-hybridized carbons (Fsp3) is 0.250. The Bertz CT molecular complexity index is 735. The molecule has 2 heterocycles. The van der Waals surface area contributed by atoms with Crippen LogP contribution in [-0.2, 0) is 15.0 Å². The molecule has 0 saturated carbocycles. The van der Waals surface area contributed by atoms with Crippen LogP contribution in [0.1, 0.15) is 20.3 Å². The molecule has 1 aromatic rings. The first-order valence-corrected chi connectivity index (χ1v) is 7.51. The summed E-state index contributed by atoms with van der Waals surface area (Å²) in [4.78, 5) is 15.8. The molecule has 1 aliphatic rings. The van der Waals surface area contributed by atoms with Crippen LogP contribution < -0.4 is 15.8 Å². The van der Waals surface area contributed by atoms with Gasteiger partial charge in [0.05, 0.1) is 24.0 Å². The summed E-state index contributed by atoms with van der Waals surface area (Å²) in [5.74, 6) is 0.0581. The van der Waals surface area contributed by atoms with Crippen molar-refractivity contribution in [2.75, 3.05) is 11.1 Å². The highest BCUT2D eigenvalue weighted by atomic mass is 32.2. The molecule has 4 N–H and O–H groups in total. The van der Waals surface area contributed by atoms with Crippen LogP contribution in [0.15, 0.2) is 34.0 Å². The number of hydrogen-bond acceptors (Lipinski definition) is 5. The van der Waals surface area contributed by atoms with Gasteiger partial charge >= 0.3 is 10.2 Å². The minimum Gasteiger partial charge on any atom is -0.384 e. The summed E-state index contributed by atoms with van der Waals surface area (Å²) in [7, 11) is -3.69. The van der Waals surface area contributed by atoms with Gasteiger partial charge in [-0.3, -0.25) is 9.52 Å². The molecule has 21 heavy (non-hydrogen) atoms. The Kier molecular flexibility index (Phi) is 3.94. The highest BCUT2D eigenvalue weighted by Gasteiger charge is 2.22. The van der Waals surface area contributed by atoms with Gasteiger partial charge in [-0.1, -0.05) is 0 Å². The predicted molar refractivity (Wildman–Crippen MR) is 79.8 cm³/mol. The second-order valence-corrected chi connectivity index (χ2v) is 5.89. The highest BCUT2D eigenvalue weighted by Crippen LogP contribution is 2.17. The number of carbonyl (C=O) groups excluding carboxylic acids is 1. The summed E-state index contributed by atoms with van der Waals surface area (Å²) in [6, 6.07) is 3.20. The maximum absolute atomic E-state index is 12.0. The van der Waals surface area contributed by atoms with E-state index in [0.29, 0.717) is 28.5 Å². The van der Waals surface area contributed by atoms with E-state index in [2.05, 4.69) is 19.4 Å². The standard InChI is InChI=1S/C12H15N5O3S/c1-7-10(8(2)17-21(19,20)16-7)5-12(18)15-9-3-4-11(13)14-6-9/h3-4,6,16H,5H2,1-2H3,(H2,13,14)(H,15,18). The van der Waals surface area contributed by atoms with Crippen LogP contribution in [0.4, 0.5) is 11.5 Å². The summed E-state index contributed by atoms with van der Waals surface area (Å²) in [5.41, 5.74) is 7.21. The maximum Gasteiger partial charge on any atom is 0.342 e. The van der Waals surface area contributed by atoms with E-state index in [9.17, 15) is 13.2 Å². The molecule has 0 atom stereocenters. The monoisotopic (exact) mass is 309 g/mol. The molecular formula is C12H15N5O3S. The number of amides is 1. The quantitative estimate of drug-likeness (QED) is 0.752. The minimum absolute atomic E-state index is 0.00800. The molecule has 1 aromatic heterocycles. The Morgan fingerprint density at radius 2 is 2.10 bits per heavy atom. The van der Waals surface area contributed by atoms with Crippen LogP contribution >= 0.6 is 0 Å². The number of hydrogen-bond donors (Lipinski definition) is 3. The number of anilines is 2. The van der Waals surface area contributed by atoms with Gasteiger partial charge in [-0.2, -0.15) is 8.42 Å². The number of carbonyl (C=O) groups is 1. The third-order valence-corrected chi connectivity index (χ3v) is 3.91. The van der Waals surface area contributed by atoms with E-state index in [0.717, 1.165) is 0 Å².